The van der Waals surface area contributed by atoms with Gasteiger partial charge in [-0.25, -0.2) is 9.37 Å². The van der Waals surface area contributed by atoms with E-state index in [-0.39, 0.29) is 5.82 Å². The standard InChI is InChI=1S/C14H16BrFN2S/c1-8(2)5-12-13(7-17)19-14(18-12)10-4-3-9(16)6-11(10)15/h3-4,6,8H,5,7,17H2,1-2H3. The zero-order valence-corrected chi connectivity index (χ0v) is 13.3. The minimum absolute atomic E-state index is 0.256. The number of nitrogens with zero attached hydrogens (tertiary/aromatic N) is 1. The molecule has 0 saturated heterocycles. The van der Waals surface area contributed by atoms with Gasteiger partial charge >= 0.3 is 0 Å². The molecule has 2 nitrogen and oxygen atoms in total. The van der Waals surface area contributed by atoms with E-state index in [1.165, 1.54) is 12.1 Å². The topological polar surface area (TPSA) is 38.9 Å². The lowest BCUT2D eigenvalue weighted by molar-refractivity contribution is 0.627. The summed E-state index contributed by atoms with van der Waals surface area (Å²) in [5, 5.41) is 0.892. The zero-order valence-electron chi connectivity index (χ0n) is 10.9. The van der Waals surface area contributed by atoms with Crippen LogP contribution in [0.3, 0.4) is 0 Å². The van der Waals surface area contributed by atoms with Gasteiger partial charge in [0.2, 0.25) is 0 Å². The number of halogens is 2. The first kappa shape index (κ1) is 14.6. The summed E-state index contributed by atoms with van der Waals surface area (Å²) >= 11 is 4.97. The molecule has 0 radical (unpaired) electrons. The van der Waals surface area contributed by atoms with Crippen molar-refractivity contribution in [2.75, 3.05) is 0 Å². The fourth-order valence-electron chi connectivity index (χ4n) is 1.87. The van der Waals surface area contributed by atoms with Crippen LogP contribution in [-0.2, 0) is 13.0 Å². The molecule has 2 rings (SSSR count). The molecule has 0 aliphatic carbocycles. The van der Waals surface area contributed by atoms with Crippen molar-refractivity contribution >= 4 is 27.3 Å². The summed E-state index contributed by atoms with van der Waals surface area (Å²) in [4.78, 5) is 5.78. The van der Waals surface area contributed by atoms with Crippen LogP contribution in [0.15, 0.2) is 22.7 Å². The van der Waals surface area contributed by atoms with E-state index in [4.69, 9.17) is 5.73 Å². The Labute approximate surface area is 125 Å². The van der Waals surface area contributed by atoms with Crippen molar-refractivity contribution in [1.82, 2.24) is 4.98 Å². The Bertz CT molecular complexity index is 581. The fourth-order valence-corrected chi connectivity index (χ4v) is 3.54. The first-order valence-corrected chi connectivity index (χ1v) is 7.76. The highest BCUT2D eigenvalue weighted by atomic mass is 79.9. The largest absolute Gasteiger partial charge is 0.326 e. The van der Waals surface area contributed by atoms with Crippen molar-refractivity contribution < 1.29 is 4.39 Å². The lowest BCUT2D eigenvalue weighted by Crippen LogP contribution is -2.01. The van der Waals surface area contributed by atoms with E-state index in [2.05, 4.69) is 34.8 Å². The molecular weight excluding hydrogens is 327 g/mol. The van der Waals surface area contributed by atoms with E-state index < -0.39 is 0 Å². The maximum absolute atomic E-state index is 13.1. The van der Waals surface area contributed by atoms with Gasteiger partial charge in [0, 0.05) is 21.5 Å². The molecule has 1 aromatic heterocycles. The summed E-state index contributed by atoms with van der Waals surface area (Å²) in [6, 6.07) is 4.66. The normalized spacial score (nSPS) is 11.3. The Kier molecular flexibility index (Phi) is 4.71. The average molecular weight is 343 g/mol. The van der Waals surface area contributed by atoms with Gasteiger partial charge < -0.3 is 5.73 Å². The Morgan fingerprint density at radius 2 is 2.16 bits per heavy atom. The third kappa shape index (κ3) is 3.41. The zero-order chi connectivity index (χ0) is 14.0. The number of hydrogen-bond donors (Lipinski definition) is 1. The van der Waals surface area contributed by atoms with Crippen LogP contribution in [0.25, 0.3) is 10.6 Å². The molecule has 5 heteroatoms. The van der Waals surface area contributed by atoms with Crippen molar-refractivity contribution in [3.8, 4) is 10.6 Å². The second-order valence-electron chi connectivity index (χ2n) is 4.82. The lowest BCUT2D eigenvalue weighted by atomic mass is 10.1. The molecule has 0 fully saturated rings. The van der Waals surface area contributed by atoms with E-state index in [9.17, 15) is 4.39 Å². The number of thiazole rings is 1. The maximum atomic E-state index is 13.1. The van der Waals surface area contributed by atoms with Crippen LogP contribution in [0.2, 0.25) is 0 Å². The van der Waals surface area contributed by atoms with E-state index in [0.717, 1.165) is 32.0 Å². The van der Waals surface area contributed by atoms with E-state index in [1.54, 1.807) is 17.4 Å². The third-order valence-electron chi connectivity index (χ3n) is 2.73. The number of rotatable bonds is 4. The average Bonchev–Trinajstić information content (AvgIpc) is 2.71. The van der Waals surface area contributed by atoms with Gasteiger partial charge in [0.15, 0.2) is 0 Å². The van der Waals surface area contributed by atoms with Gasteiger partial charge in [-0.2, -0.15) is 0 Å². The summed E-state index contributed by atoms with van der Waals surface area (Å²) in [5.41, 5.74) is 7.76. The number of nitrogens with two attached hydrogens (primary N) is 1. The lowest BCUT2D eigenvalue weighted by Gasteiger charge is -2.02. The molecule has 0 spiro atoms. The molecule has 2 aromatic rings. The molecule has 19 heavy (non-hydrogen) atoms. The Morgan fingerprint density at radius 3 is 2.74 bits per heavy atom. The van der Waals surface area contributed by atoms with Crippen LogP contribution in [0.1, 0.15) is 24.4 Å². The first-order chi connectivity index (χ1) is 9.01. The van der Waals surface area contributed by atoms with Gasteiger partial charge in [-0.1, -0.05) is 13.8 Å². The molecule has 0 bridgehead atoms. The smallest absolute Gasteiger partial charge is 0.125 e. The second-order valence-corrected chi connectivity index (χ2v) is 6.75. The summed E-state index contributed by atoms with van der Waals surface area (Å²) < 4.78 is 13.8. The number of hydrogen-bond acceptors (Lipinski definition) is 3. The molecule has 0 saturated carbocycles. The molecule has 0 unspecified atom stereocenters. The minimum atomic E-state index is -0.256. The SMILES string of the molecule is CC(C)Cc1nc(-c2ccc(F)cc2Br)sc1CN. The van der Waals surface area contributed by atoms with Gasteiger partial charge in [0.25, 0.3) is 0 Å². The Hall–Kier alpha value is -0.780. The molecule has 1 heterocycles. The van der Waals surface area contributed by atoms with Crippen LogP contribution in [0.4, 0.5) is 4.39 Å². The van der Waals surface area contributed by atoms with Gasteiger partial charge in [-0.05, 0) is 46.5 Å². The summed E-state index contributed by atoms with van der Waals surface area (Å²) in [7, 11) is 0. The quantitative estimate of drug-likeness (QED) is 0.895. The van der Waals surface area contributed by atoms with Crippen LogP contribution >= 0.6 is 27.3 Å². The van der Waals surface area contributed by atoms with Crippen LogP contribution in [-0.4, -0.2) is 4.98 Å². The number of aromatic nitrogens is 1. The van der Waals surface area contributed by atoms with Gasteiger partial charge in [-0.3, -0.25) is 0 Å². The fraction of sp³-hybridized carbons (Fsp3) is 0.357. The molecule has 2 N–H and O–H groups in total. The van der Waals surface area contributed by atoms with E-state index in [0.29, 0.717) is 12.5 Å². The predicted octanol–water partition coefficient (Wildman–Crippen LogP) is 4.37. The Balaban J connectivity index is 2.42. The Morgan fingerprint density at radius 1 is 1.42 bits per heavy atom. The van der Waals surface area contributed by atoms with Crippen molar-refractivity contribution in [3.63, 3.8) is 0 Å². The second kappa shape index (κ2) is 6.11. The van der Waals surface area contributed by atoms with E-state index in [1.807, 2.05) is 0 Å². The van der Waals surface area contributed by atoms with Gasteiger partial charge in [-0.15, -0.1) is 11.3 Å². The molecule has 0 amide bonds. The van der Waals surface area contributed by atoms with E-state index >= 15 is 0 Å². The van der Waals surface area contributed by atoms with Crippen LogP contribution in [0, 0.1) is 11.7 Å². The first-order valence-electron chi connectivity index (χ1n) is 6.15. The van der Waals surface area contributed by atoms with Crippen LogP contribution in [0.5, 0.6) is 0 Å². The van der Waals surface area contributed by atoms with Crippen molar-refractivity contribution in [1.29, 1.82) is 0 Å². The molecular formula is C14H16BrFN2S. The third-order valence-corrected chi connectivity index (χ3v) is 4.54. The monoisotopic (exact) mass is 342 g/mol. The van der Waals surface area contributed by atoms with Crippen LogP contribution < -0.4 is 5.73 Å². The highest BCUT2D eigenvalue weighted by molar-refractivity contribution is 9.10. The molecule has 0 aliphatic rings. The molecule has 1 aromatic carbocycles. The molecule has 0 atom stereocenters. The molecule has 102 valence electrons. The predicted molar refractivity (Wildman–Crippen MR) is 81.6 cm³/mol. The summed E-state index contributed by atoms with van der Waals surface area (Å²) in [5.74, 6) is 0.283. The summed E-state index contributed by atoms with van der Waals surface area (Å²) in [6.45, 7) is 4.82. The summed E-state index contributed by atoms with van der Waals surface area (Å²) in [6.07, 6.45) is 0.918. The van der Waals surface area contributed by atoms with Crippen molar-refractivity contribution in [3.05, 3.63) is 39.1 Å². The van der Waals surface area contributed by atoms with Gasteiger partial charge in [0.05, 0.1) is 5.69 Å². The molecule has 0 aliphatic heterocycles. The maximum Gasteiger partial charge on any atom is 0.125 e. The van der Waals surface area contributed by atoms with Gasteiger partial charge in [0.1, 0.15) is 10.8 Å². The number of benzene rings is 1. The van der Waals surface area contributed by atoms with Crippen molar-refractivity contribution in [2.24, 2.45) is 11.7 Å². The highest BCUT2D eigenvalue weighted by Gasteiger charge is 2.14. The minimum Gasteiger partial charge on any atom is -0.326 e. The highest BCUT2D eigenvalue weighted by Crippen LogP contribution is 2.34. The van der Waals surface area contributed by atoms with Crippen molar-refractivity contribution in [2.45, 2.75) is 26.8 Å².